The Morgan fingerprint density at radius 2 is 1.97 bits per heavy atom. The van der Waals surface area contributed by atoms with Gasteiger partial charge in [-0.3, -0.25) is 4.79 Å². The summed E-state index contributed by atoms with van der Waals surface area (Å²) < 4.78 is 51.0. The maximum Gasteiger partial charge on any atom is 0.416 e. The Morgan fingerprint density at radius 3 is 2.55 bits per heavy atom. The lowest BCUT2D eigenvalue weighted by atomic mass is 9.80. The van der Waals surface area contributed by atoms with Crippen LogP contribution in [0.2, 0.25) is 0 Å². The van der Waals surface area contributed by atoms with E-state index in [1.807, 2.05) is 6.92 Å². The maximum atomic E-state index is 13.1. The second-order valence-corrected chi connectivity index (χ2v) is 9.40. The summed E-state index contributed by atoms with van der Waals surface area (Å²) in [6.45, 7) is 2.17. The van der Waals surface area contributed by atoms with Crippen molar-refractivity contribution >= 4 is 5.91 Å². The molecule has 5 nitrogen and oxygen atoms in total. The summed E-state index contributed by atoms with van der Waals surface area (Å²) in [7, 11) is 0. The first-order valence-electron chi connectivity index (χ1n) is 11.9. The van der Waals surface area contributed by atoms with Crippen molar-refractivity contribution in [3.8, 4) is 0 Å². The zero-order valence-corrected chi connectivity index (χ0v) is 18.8. The summed E-state index contributed by atoms with van der Waals surface area (Å²) in [5.41, 5.74) is -0.0611. The lowest BCUT2D eigenvalue weighted by Crippen LogP contribution is -2.43. The molecule has 1 aromatic rings. The van der Waals surface area contributed by atoms with Gasteiger partial charge in [0.05, 0.1) is 5.56 Å². The normalized spacial score (nSPS) is 31.2. The van der Waals surface area contributed by atoms with Crippen LogP contribution in [-0.4, -0.2) is 36.6 Å². The zero-order chi connectivity index (χ0) is 23.6. The summed E-state index contributed by atoms with van der Waals surface area (Å²) in [6, 6.07) is 5.17. The number of benzene rings is 1. The van der Waals surface area contributed by atoms with E-state index >= 15 is 0 Å². The predicted molar refractivity (Wildman–Crippen MR) is 116 cm³/mol. The summed E-state index contributed by atoms with van der Waals surface area (Å²) in [4.78, 5) is 13.1. The lowest BCUT2D eigenvalue weighted by molar-refractivity contribution is -0.167. The molecule has 6 atom stereocenters. The fourth-order valence-electron chi connectivity index (χ4n) is 5.70. The minimum absolute atomic E-state index is 0.0175. The number of hydrogen-bond donors (Lipinski definition) is 2. The average molecular weight is 468 g/mol. The molecule has 33 heavy (non-hydrogen) atoms. The van der Waals surface area contributed by atoms with Gasteiger partial charge in [0.15, 0.2) is 5.76 Å². The van der Waals surface area contributed by atoms with Crippen LogP contribution in [0.5, 0.6) is 0 Å². The van der Waals surface area contributed by atoms with E-state index in [2.05, 4.69) is 5.32 Å². The second kappa shape index (κ2) is 10.1. The van der Waals surface area contributed by atoms with Gasteiger partial charge in [0.2, 0.25) is 6.29 Å². The SMILES string of the molecule is CCO[C@@H]1OC(C(=O)NC2CC3CCC2C3)=C[C@H](c2ccc(C(F)(F)F)cc2)[C@H]1CCCO. The molecule has 0 spiro atoms. The van der Waals surface area contributed by atoms with Crippen molar-refractivity contribution in [3.05, 3.63) is 47.2 Å². The number of fused-ring (bicyclic) bond motifs is 2. The van der Waals surface area contributed by atoms with Crippen molar-refractivity contribution in [3.63, 3.8) is 0 Å². The minimum Gasteiger partial charge on any atom is -0.459 e. The van der Waals surface area contributed by atoms with Gasteiger partial charge in [-0.1, -0.05) is 18.6 Å². The highest BCUT2D eigenvalue weighted by Gasteiger charge is 2.42. The van der Waals surface area contributed by atoms with Gasteiger partial charge in [0, 0.05) is 31.1 Å². The number of aliphatic hydroxyl groups is 1. The minimum atomic E-state index is -4.42. The topological polar surface area (TPSA) is 67.8 Å². The van der Waals surface area contributed by atoms with Gasteiger partial charge in [-0.2, -0.15) is 13.2 Å². The molecule has 0 saturated heterocycles. The van der Waals surface area contributed by atoms with E-state index in [-0.39, 0.29) is 36.2 Å². The third-order valence-corrected chi connectivity index (χ3v) is 7.31. The third-order valence-electron chi connectivity index (χ3n) is 7.31. The molecule has 0 radical (unpaired) electrons. The number of carbonyl (C=O) groups is 1. The molecule has 2 fully saturated rings. The molecule has 1 heterocycles. The maximum absolute atomic E-state index is 13.1. The molecule has 182 valence electrons. The highest BCUT2D eigenvalue weighted by atomic mass is 19.4. The number of alkyl halides is 3. The first-order chi connectivity index (χ1) is 15.8. The van der Waals surface area contributed by atoms with Crippen LogP contribution in [0.15, 0.2) is 36.1 Å². The van der Waals surface area contributed by atoms with Gasteiger partial charge in [0.1, 0.15) is 0 Å². The number of amides is 1. The van der Waals surface area contributed by atoms with E-state index in [0.29, 0.717) is 36.8 Å². The van der Waals surface area contributed by atoms with Crippen LogP contribution in [0, 0.1) is 17.8 Å². The fourth-order valence-corrected chi connectivity index (χ4v) is 5.70. The Hall–Kier alpha value is -2.06. The number of halogens is 3. The highest BCUT2D eigenvalue weighted by Crippen LogP contribution is 2.45. The van der Waals surface area contributed by atoms with E-state index < -0.39 is 18.0 Å². The Bertz CT molecular complexity index is 854. The number of carbonyl (C=O) groups excluding carboxylic acids is 1. The summed E-state index contributed by atoms with van der Waals surface area (Å²) >= 11 is 0. The van der Waals surface area contributed by atoms with Gasteiger partial charge in [0.25, 0.3) is 5.91 Å². The number of nitrogens with one attached hydrogen (secondary N) is 1. The summed E-state index contributed by atoms with van der Waals surface area (Å²) in [6.07, 6.45) is 2.12. The molecule has 2 bridgehead atoms. The molecule has 2 aliphatic carbocycles. The largest absolute Gasteiger partial charge is 0.459 e. The van der Waals surface area contributed by atoms with Gasteiger partial charge < -0.3 is 19.9 Å². The van der Waals surface area contributed by atoms with Crippen LogP contribution in [0.25, 0.3) is 0 Å². The smallest absolute Gasteiger partial charge is 0.416 e. The molecule has 3 unspecified atom stereocenters. The van der Waals surface area contributed by atoms with Crippen molar-refractivity contribution < 1.29 is 32.5 Å². The van der Waals surface area contributed by atoms with Crippen LogP contribution in [0.1, 0.15) is 62.5 Å². The zero-order valence-electron chi connectivity index (χ0n) is 18.8. The lowest BCUT2D eigenvalue weighted by Gasteiger charge is -2.37. The van der Waals surface area contributed by atoms with E-state index in [9.17, 15) is 23.1 Å². The van der Waals surface area contributed by atoms with E-state index in [1.54, 1.807) is 6.08 Å². The van der Waals surface area contributed by atoms with Gasteiger partial charge in [-0.15, -0.1) is 0 Å². The molecule has 2 saturated carbocycles. The number of ether oxygens (including phenoxy) is 2. The molecule has 1 aromatic carbocycles. The first-order valence-corrected chi connectivity index (χ1v) is 11.9. The quantitative estimate of drug-likeness (QED) is 0.579. The van der Waals surface area contributed by atoms with Crippen LogP contribution >= 0.6 is 0 Å². The van der Waals surface area contributed by atoms with Crippen molar-refractivity contribution in [1.82, 2.24) is 5.32 Å². The van der Waals surface area contributed by atoms with Gasteiger partial charge in [-0.05, 0) is 74.6 Å². The van der Waals surface area contributed by atoms with Crippen molar-refractivity contribution in [2.24, 2.45) is 17.8 Å². The molecular formula is C25H32F3NO4. The predicted octanol–water partition coefficient (Wildman–Crippen LogP) is 4.76. The van der Waals surface area contributed by atoms with E-state index in [0.717, 1.165) is 31.4 Å². The fraction of sp³-hybridized carbons (Fsp3) is 0.640. The summed E-state index contributed by atoms with van der Waals surface area (Å²) in [5, 5.41) is 12.5. The Labute approximate surface area is 192 Å². The van der Waals surface area contributed by atoms with Gasteiger partial charge in [-0.25, -0.2) is 0 Å². The molecule has 0 aromatic heterocycles. The van der Waals surface area contributed by atoms with Crippen LogP contribution in [0.3, 0.4) is 0 Å². The van der Waals surface area contributed by atoms with E-state index in [4.69, 9.17) is 9.47 Å². The van der Waals surface area contributed by atoms with Crippen LogP contribution in [-0.2, 0) is 20.4 Å². The van der Waals surface area contributed by atoms with E-state index in [1.165, 1.54) is 18.6 Å². The molecule has 8 heteroatoms. The monoisotopic (exact) mass is 467 g/mol. The Kier molecular flexibility index (Phi) is 7.34. The average Bonchev–Trinajstić information content (AvgIpc) is 3.41. The number of aliphatic hydroxyl groups excluding tert-OH is 1. The molecule has 2 N–H and O–H groups in total. The molecule has 1 amide bonds. The van der Waals surface area contributed by atoms with Crippen LogP contribution < -0.4 is 5.32 Å². The highest BCUT2D eigenvalue weighted by molar-refractivity contribution is 5.92. The van der Waals surface area contributed by atoms with Crippen molar-refractivity contribution in [2.75, 3.05) is 13.2 Å². The van der Waals surface area contributed by atoms with Crippen molar-refractivity contribution in [1.29, 1.82) is 0 Å². The Balaban J connectivity index is 1.60. The van der Waals surface area contributed by atoms with Gasteiger partial charge >= 0.3 is 6.18 Å². The molecule has 4 rings (SSSR count). The third kappa shape index (κ3) is 5.38. The first kappa shape index (κ1) is 24.1. The number of allylic oxidation sites excluding steroid dienone is 1. The second-order valence-electron chi connectivity index (χ2n) is 9.40. The number of rotatable bonds is 8. The number of hydrogen-bond acceptors (Lipinski definition) is 4. The standard InChI is InChI=1S/C25H32F3NO4/c1-2-32-24-19(4-3-11-30)20(16-7-9-18(10-8-16)25(26,27)28)14-22(33-24)23(31)29-21-13-15-5-6-17(21)12-15/h7-10,14-15,17,19-21,24,30H,2-6,11-13H2,1H3,(H,29,31)/t15?,17?,19-,20-,21?,24-/m1/s1. The van der Waals surface area contributed by atoms with Crippen LogP contribution in [0.4, 0.5) is 13.2 Å². The molecule has 3 aliphatic rings. The van der Waals surface area contributed by atoms with Crippen molar-refractivity contribution in [2.45, 2.75) is 69.9 Å². The molecular weight excluding hydrogens is 435 g/mol. The Morgan fingerprint density at radius 1 is 1.21 bits per heavy atom. The summed E-state index contributed by atoms with van der Waals surface area (Å²) in [5.74, 6) is 0.434. The molecule has 1 aliphatic heterocycles.